The SMILES string of the molecule is CC(C)(C)C1=Cc2c(-c3cccc4ccccc34)cccc2[CH]1[Hf]1([CH]2C(C(C)(C)C)=Cc3c(-c4cccc5ccccc45)cccc32)[CH2][CH2]1.Cl.Cl. The summed E-state index contributed by atoms with van der Waals surface area (Å²) in [7, 11) is 0. The summed E-state index contributed by atoms with van der Waals surface area (Å²) in [5.41, 5.74) is 15.4. The Hall–Kier alpha value is -3.23. The molecule has 1 aliphatic heterocycles. The van der Waals surface area contributed by atoms with E-state index in [1.54, 1.807) is 22.3 Å². The quantitative estimate of drug-likeness (QED) is 0.155. The summed E-state index contributed by atoms with van der Waals surface area (Å²) in [6, 6.07) is 46.0. The van der Waals surface area contributed by atoms with Crippen LogP contribution in [0.4, 0.5) is 0 Å². The molecule has 0 saturated carbocycles. The Balaban J connectivity index is 0.00000203. The summed E-state index contributed by atoms with van der Waals surface area (Å²) in [4.78, 5) is 0. The largest absolute Gasteiger partial charge is 0.147 e. The van der Waals surface area contributed by atoms with E-state index in [4.69, 9.17) is 0 Å². The summed E-state index contributed by atoms with van der Waals surface area (Å²) in [6.45, 7) is 14.8. The van der Waals surface area contributed by atoms with Gasteiger partial charge in [-0.25, -0.2) is 0 Å². The molecule has 1 saturated heterocycles. The number of hydrogen-bond donors (Lipinski definition) is 0. The van der Waals surface area contributed by atoms with Crippen LogP contribution in [0.25, 0.3) is 56.0 Å². The van der Waals surface area contributed by atoms with Gasteiger partial charge in [-0.15, -0.1) is 24.8 Å². The number of hydrogen-bond acceptors (Lipinski definition) is 0. The summed E-state index contributed by atoms with van der Waals surface area (Å²) in [5, 5.41) is 5.33. The Kier molecular flexibility index (Phi) is 9.22. The van der Waals surface area contributed by atoms with Crippen molar-refractivity contribution in [3.8, 4) is 22.3 Å². The van der Waals surface area contributed by atoms with Gasteiger partial charge in [0.15, 0.2) is 0 Å². The predicted molar refractivity (Wildman–Crippen MR) is 223 cm³/mol. The Bertz CT molecular complexity index is 2200. The van der Waals surface area contributed by atoms with Crippen LogP contribution in [0, 0.1) is 10.8 Å². The summed E-state index contributed by atoms with van der Waals surface area (Å²) < 4.78 is 4.14. The Morgan fingerprint density at radius 1 is 0.431 bits per heavy atom. The van der Waals surface area contributed by atoms with Gasteiger partial charge in [0.05, 0.1) is 0 Å². The fraction of sp³-hybridized carbons (Fsp3) is 0.250. The van der Waals surface area contributed by atoms with Crippen molar-refractivity contribution in [3.63, 3.8) is 0 Å². The van der Waals surface area contributed by atoms with Gasteiger partial charge in [0.25, 0.3) is 0 Å². The smallest absolute Gasteiger partial charge is 0.147 e. The molecule has 2 unspecified atom stereocenters. The molecule has 9 rings (SSSR count). The van der Waals surface area contributed by atoms with E-state index in [1.807, 2.05) is 0 Å². The van der Waals surface area contributed by atoms with Crippen molar-refractivity contribution in [3.05, 3.63) is 155 Å². The van der Waals surface area contributed by atoms with Crippen molar-refractivity contribution in [1.29, 1.82) is 0 Å². The normalized spacial score (nSPS) is 18.7. The van der Waals surface area contributed by atoms with E-state index in [9.17, 15) is 0 Å². The summed E-state index contributed by atoms with van der Waals surface area (Å²) in [6.07, 6.45) is 5.33. The number of benzene rings is 6. The van der Waals surface area contributed by atoms with Crippen LogP contribution < -0.4 is 0 Å². The zero-order valence-corrected chi connectivity index (χ0v) is 35.8. The number of fused-ring (bicyclic) bond motifs is 4. The van der Waals surface area contributed by atoms with Gasteiger partial charge in [0.1, 0.15) is 0 Å². The van der Waals surface area contributed by atoms with Crippen LogP contribution >= 0.6 is 24.8 Å². The molecule has 258 valence electrons. The Morgan fingerprint density at radius 2 is 0.784 bits per heavy atom. The first kappa shape index (κ1) is 36.1. The van der Waals surface area contributed by atoms with Crippen LogP contribution in [0.5, 0.6) is 0 Å². The molecule has 1 fully saturated rings. The van der Waals surface area contributed by atoms with Crippen LogP contribution in [0.3, 0.4) is 0 Å². The molecule has 0 amide bonds. The predicted octanol–water partition coefficient (Wildman–Crippen LogP) is 14.8. The van der Waals surface area contributed by atoms with Crippen LogP contribution in [-0.2, 0) is 20.0 Å². The van der Waals surface area contributed by atoms with Gasteiger partial charge >= 0.3 is 299 Å². The topological polar surface area (TPSA) is 0 Å². The Labute approximate surface area is 321 Å². The average Bonchev–Trinajstić information content (AvgIpc) is 3.59. The maximum absolute atomic E-state index is 3.17. The van der Waals surface area contributed by atoms with Crippen LogP contribution in [-0.4, -0.2) is 0 Å². The van der Waals surface area contributed by atoms with E-state index < -0.39 is 20.0 Å². The minimum Gasteiger partial charge on any atom is -0.147 e. The zero-order valence-electron chi connectivity index (χ0n) is 30.6. The molecule has 6 aromatic carbocycles. The number of rotatable bonds is 4. The first-order valence-electron chi connectivity index (χ1n) is 18.2. The fourth-order valence-corrected chi connectivity index (χ4v) is 38.9. The maximum atomic E-state index is 2.67. The van der Waals surface area contributed by atoms with Gasteiger partial charge in [-0.3, -0.25) is 0 Å². The van der Waals surface area contributed by atoms with Crippen LogP contribution in [0.15, 0.2) is 132 Å². The van der Waals surface area contributed by atoms with Crippen molar-refractivity contribution in [1.82, 2.24) is 0 Å². The van der Waals surface area contributed by atoms with E-state index in [0.717, 1.165) is 0 Å². The molecule has 0 aromatic heterocycles. The van der Waals surface area contributed by atoms with Gasteiger partial charge in [-0.1, -0.05) is 0 Å². The molecule has 2 aliphatic carbocycles. The van der Waals surface area contributed by atoms with Crippen molar-refractivity contribution in [2.45, 2.75) is 57.2 Å². The minimum absolute atomic E-state index is 0. The monoisotopic (exact) mass is 874 g/mol. The average molecular weight is 874 g/mol. The maximum Gasteiger partial charge on any atom is -0.147 e. The summed E-state index contributed by atoms with van der Waals surface area (Å²) >= 11 is -3.17. The second-order valence-electron chi connectivity index (χ2n) is 17.0. The molecule has 0 nitrogen and oxygen atoms in total. The van der Waals surface area contributed by atoms with Crippen molar-refractivity contribution >= 4 is 58.5 Å². The molecule has 0 N–H and O–H groups in total. The molecule has 1 heterocycles. The van der Waals surface area contributed by atoms with E-state index in [2.05, 4.69) is 175 Å². The fourth-order valence-electron chi connectivity index (χ4n) is 9.62. The molecule has 0 bridgehead atoms. The zero-order chi connectivity index (χ0) is 33.7. The van der Waals surface area contributed by atoms with E-state index in [-0.39, 0.29) is 35.6 Å². The minimum atomic E-state index is -3.17. The molecular weight excluding hydrogens is 826 g/mol. The molecule has 0 radical (unpaired) electrons. The third-order valence-electron chi connectivity index (χ3n) is 12.0. The van der Waals surface area contributed by atoms with Crippen molar-refractivity contribution in [2.24, 2.45) is 10.8 Å². The first-order valence-corrected chi connectivity index (χ1v) is 27.5. The van der Waals surface area contributed by atoms with Gasteiger partial charge in [-0.2, -0.15) is 0 Å². The molecular formula is C48H48Cl2Hf. The van der Waals surface area contributed by atoms with Crippen LogP contribution in [0.2, 0.25) is 8.35 Å². The first-order chi connectivity index (χ1) is 23.6. The van der Waals surface area contributed by atoms with Gasteiger partial charge < -0.3 is 0 Å². The molecule has 51 heavy (non-hydrogen) atoms. The van der Waals surface area contributed by atoms with Crippen molar-refractivity contribution < 1.29 is 20.0 Å². The van der Waals surface area contributed by atoms with Crippen LogP contribution in [0.1, 0.15) is 71.1 Å². The van der Waals surface area contributed by atoms with E-state index >= 15 is 0 Å². The Morgan fingerprint density at radius 3 is 1.18 bits per heavy atom. The standard InChI is InChI=1S/2C23H21.C2H4.2ClH.Hf/c2*1-23(2,3)18-14-17-10-7-13-21(22(17)15-18)20-12-6-9-16-8-4-5-11-19(16)20;1-2;;;/h2*4-15H,1-3H3;1-2H2;2*1H;. The summed E-state index contributed by atoms with van der Waals surface area (Å²) in [5.74, 6) is 0. The van der Waals surface area contributed by atoms with Gasteiger partial charge in [-0.05, 0) is 0 Å². The molecule has 0 spiro atoms. The second-order valence-corrected chi connectivity index (χ2v) is 33.6. The molecule has 6 aromatic rings. The molecule has 3 heteroatoms. The molecule has 3 aliphatic rings. The van der Waals surface area contributed by atoms with E-state index in [1.165, 1.54) is 63.3 Å². The van der Waals surface area contributed by atoms with E-state index in [0.29, 0.717) is 7.35 Å². The third kappa shape index (κ3) is 5.74. The second kappa shape index (κ2) is 13.0. The molecule has 2 atom stereocenters. The number of allylic oxidation sites excluding steroid dienone is 2. The van der Waals surface area contributed by atoms with Crippen molar-refractivity contribution in [2.75, 3.05) is 0 Å². The van der Waals surface area contributed by atoms with Gasteiger partial charge in [0.2, 0.25) is 0 Å². The van der Waals surface area contributed by atoms with Gasteiger partial charge in [0, 0.05) is 0 Å². The third-order valence-corrected chi connectivity index (χ3v) is 30.7. The number of halogens is 2.